The van der Waals surface area contributed by atoms with E-state index in [4.69, 9.17) is 9.84 Å². The molecule has 0 aliphatic heterocycles. The fourth-order valence-electron chi connectivity index (χ4n) is 1.42. The summed E-state index contributed by atoms with van der Waals surface area (Å²) >= 11 is 0. The molecule has 108 valence electrons. The molecule has 6 heteroatoms. The minimum absolute atomic E-state index is 0.0584. The largest absolute Gasteiger partial charge is 0.480 e. The summed E-state index contributed by atoms with van der Waals surface area (Å²) in [5.74, 6) is -2.42. The van der Waals surface area contributed by atoms with Crippen LogP contribution in [-0.4, -0.2) is 36.2 Å². The number of ether oxygens (including phenoxy) is 1. The first-order valence-corrected chi connectivity index (χ1v) is 5.94. The van der Waals surface area contributed by atoms with Gasteiger partial charge in [0.15, 0.2) is 6.04 Å². The molecule has 1 rings (SSSR count). The monoisotopic (exact) mass is 281 g/mol. The van der Waals surface area contributed by atoms with E-state index in [9.17, 15) is 14.0 Å². The third-order valence-corrected chi connectivity index (χ3v) is 2.56. The lowest BCUT2D eigenvalue weighted by Gasteiger charge is -2.14. The van der Waals surface area contributed by atoms with Crippen molar-refractivity contribution in [3.8, 4) is 0 Å². The van der Waals surface area contributed by atoms with Gasteiger partial charge in [-0.1, -0.05) is 12.1 Å². The molecule has 0 radical (unpaired) electrons. The van der Waals surface area contributed by atoms with Crippen molar-refractivity contribution in [2.24, 2.45) is 0 Å². The molecule has 0 bridgehead atoms. The Labute approximate surface area is 116 Å². The molecular weight excluding hydrogens is 265 g/mol. The zero-order valence-corrected chi connectivity index (χ0v) is 11.1. The summed E-state index contributed by atoms with van der Waals surface area (Å²) in [6, 6.07) is 2.74. The summed E-state index contributed by atoms with van der Waals surface area (Å²) in [6.45, 7) is 4.98. The maximum absolute atomic E-state index is 13.4. The standard InChI is InChI=1S/C14H16FNO4/c1-3-6-20-8-12(14(18)19)16-13(17)10-5-4-9(2)11(15)7-10/h3-5,7,12H,1,6,8H2,2H3,(H,16,17)(H,18,19). The number of carboxylic acids is 1. The van der Waals surface area contributed by atoms with Crippen molar-refractivity contribution in [2.75, 3.05) is 13.2 Å². The van der Waals surface area contributed by atoms with Crippen molar-refractivity contribution in [1.29, 1.82) is 0 Å². The van der Waals surface area contributed by atoms with Gasteiger partial charge < -0.3 is 15.2 Å². The van der Waals surface area contributed by atoms with Crippen molar-refractivity contribution in [2.45, 2.75) is 13.0 Å². The predicted octanol–water partition coefficient (Wildman–Crippen LogP) is 1.52. The van der Waals surface area contributed by atoms with Crippen LogP contribution in [0.5, 0.6) is 0 Å². The van der Waals surface area contributed by atoms with Crippen molar-refractivity contribution in [1.82, 2.24) is 5.32 Å². The van der Waals surface area contributed by atoms with Crippen LogP contribution in [0.3, 0.4) is 0 Å². The maximum Gasteiger partial charge on any atom is 0.328 e. The van der Waals surface area contributed by atoms with Gasteiger partial charge in [0, 0.05) is 5.56 Å². The van der Waals surface area contributed by atoms with Gasteiger partial charge in [0.2, 0.25) is 0 Å². The summed E-state index contributed by atoms with van der Waals surface area (Å²) in [5, 5.41) is 11.2. The van der Waals surface area contributed by atoms with E-state index < -0.39 is 23.7 Å². The minimum atomic E-state index is -1.23. The molecule has 1 aromatic carbocycles. The van der Waals surface area contributed by atoms with Crippen LogP contribution in [0.2, 0.25) is 0 Å². The highest BCUT2D eigenvalue weighted by molar-refractivity contribution is 5.96. The number of halogens is 1. The van der Waals surface area contributed by atoms with Crippen molar-refractivity contribution < 1.29 is 23.8 Å². The van der Waals surface area contributed by atoms with Gasteiger partial charge in [-0.15, -0.1) is 6.58 Å². The fourth-order valence-corrected chi connectivity index (χ4v) is 1.42. The molecule has 1 aromatic rings. The van der Waals surface area contributed by atoms with E-state index in [2.05, 4.69) is 11.9 Å². The van der Waals surface area contributed by atoms with Crippen LogP contribution in [0.4, 0.5) is 4.39 Å². The smallest absolute Gasteiger partial charge is 0.328 e. The van der Waals surface area contributed by atoms with Gasteiger partial charge in [0.05, 0.1) is 13.2 Å². The van der Waals surface area contributed by atoms with E-state index in [0.29, 0.717) is 5.56 Å². The van der Waals surface area contributed by atoms with Gasteiger partial charge >= 0.3 is 5.97 Å². The molecule has 5 nitrogen and oxygen atoms in total. The molecule has 0 aromatic heterocycles. The van der Waals surface area contributed by atoms with E-state index in [1.807, 2.05) is 0 Å². The number of carbonyl (C=O) groups is 2. The third kappa shape index (κ3) is 4.47. The van der Waals surface area contributed by atoms with Gasteiger partial charge in [-0.25, -0.2) is 9.18 Å². The molecule has 1 atom stereocenters. The Balaban J connectivity index is 2.72. The molecule has 0 saturated heterocycles. The van der Waals surface area contributed by atoms with Crippen LogP contribution in [0.25, 0.3) is 0 Å². The number of aliphatic carboxylic acids is 1. The lowest BCUT2D eigenvalue weighted by atomic mass is 10.1. The molecule has 0 heterocycles. The highest BCUT2D eigenvalue weighted by Gasteiger charge is 2.21. The zero-order chi connectivity index (χ0) is 15.1. The lowest BCUT2D eigenvalue weighted by molar-refractivity contribution is -0.140. The molecule has 0 fully saturated rings. The second-order valence-corrected chi connectivity index (χ2v) is 4.15. The molecule has 0 aliphatic rings. The number of hydrogen-bond donors (Lipinski definition) is 2. The van der Waals surface area contributed by atoms with Crippen LogP contribution in [0, 0.1) is 12.7 Å². The fraction of sp³-hybridized carbons (Fsp3) is 0.286. The minimum Gasteiger partial charge on any atom is -0.480 e. The molecule has 20 heavy (non-hydrogen) atoms. The van der Waals surface area contributed by atoms with Gasteiger partial charge in [0.1, 0.15) is 5.82 Å². The molecule has 1 unspecified atom stereocenters. The van der Waals surface area contributed by atoms with Crippen molar-refractivity contribution in [3.05, 3.63) is 47.8 Å². The molecule has 0 saturated carbocycles. The third-order valence-electron chi connectivity index (χ3n) is 2.56. The topological polar surface area (TPSA) is 75.6 Å². The summed E-state index contributed by atoms with van der Waals surface area (Å²) in [5.41, 5.74) is 0.466. The maximum atomic E-state index is 13.4. The average Bonchev–Trinajstić information content (AvgIpc) is 2.40. The Kier molecular flexibility index (Phi) is 5.86. The summed E-state index contributed by atoms with van der Waals surface area (Å²) in [7, 11) is 0. The predicted molar refractivity (Wildman–Crippen MR) is 71.0 cm³/mol. The quantitative estimate of drug-likeness (QED) is 0.587. The molecule has 0 spiro atoms. The first-order chi connectivity index (χ1) is 9.45. The number of carboxylic acid groups (broad SMARTS) is 1. The van der Waals surface area contributed by atoms with Crippen molar-refractivity contribution >= 4 is 11.9 Å². The van der Waals surface area contributed by atoms with Gasteiger partial charge in [-0.3, -0.25) is 4.79 Å². The zero-order valence-electron chi connectivity index (χ0n) is 11.1. The first kappa shape index (κ1) is 15.8. The summed E-state index contributed by atoms with van der Waals surface area (Å²) in [4.78, 5) is 22.8. The number of amides is 1. The number of rotatable bonds is 7. The van der Waals surface area contributed by atoms with Crippen molar-refractivity contribution in [3.63, 3.8) is 0 Å². The normalized spacial score (nSPS) is 11.7. The van der Waals surface area contributed by atoms with E-state index in [0.717, 1.165) is 6.07 Å². The Bertz CT molecular complexity index is 516. The number of carbonyl (C=O) groups excluding carboxylic acids is 1. The SMILES string of the molecule is C=CCOCC(NC(=O)c1ccc(C)c(F)c1)C(=O)O. The average molecular weight is 281 g/mol. The first-order valence-electron chi connectivity index (χ1n) is 5.94. The van der Waals surface area contributed by atoms with Crippen LogP contribution >= 0.6 is 0 Å². The van der Waals surface area contributed by atoms with Gasteiger partial charge in [0.25, 0.3) is 5.91 Å². The number of nitrogens with one attached hydrogen (secondary N) is 1. The molecule has 0 aliphatic carbocycles. The number of aryl methyl sites for hydroxylation is 1. The number of benzene rings is 1. The molecule has 1 amide bonds. The lowest BCUT2D eigenvalue weighted by Crippen LogP contribution is -2.44. The highest BCUT2D eigenvalue weighted by Crippen LogP contribution is 2.09. The van der Waals surface area contributed by atoms with Gasteiger partial charge in [-0.2, -0.15) is 0 Å². The molecular formula is C14H16FNO4. The van der Waals surface area contributed by atoms with Gasteiger partial charge in [-0.05, 0) is 24.6 Å². The van der Waals surface area contributed by atoms with Crippen LogP contribution in [0.15, 0.2) is 30.9 Å². The van der Waals surface area contributed by atoms with Crippen LogP contribution < -0.4 is 5.32 Å². The van der Waals surface area contributed by atoms with Crippen LogP contribution in [0.1, 0.15) is 15.9 Å². The number of hydrogen-bond acceptors (Lipinski definition) is 3. The summed E-state index contributed by atoms with van der Waals surface area (Å²) in [6.07, 6.45) is 1.47. The Morgan fingerprint density at radius 1 is 1.55 bits per heavy atom. The second kappa shape index (κ2) is 7.40. The molecule has 2 N–H and O–H groups in total. The van der Waals surface area contributed by atoms with E-state index in [1.54, 1.807) is 6.92 Å². The Morgan fingerprint density at radius 2 is 2.25 bits per heavy atom. The van der Waals surface area contributed by atoms with E-state index in [-0.39, 0.29) is 18.8 Å². The second-order valence-electron chi connectivity index (χ2n) is 4.15. The highest BCUT2D eigenvalue weighted by atomic mass is 19.1. The van der Waals surface area contributed by atoms with Crippen LogP contribution in [-0.2, 0) is 9.53 Å². The Morgan fingerprint density at radius 3 is 2.80 bits per heavy atom. The van der Waals surface area contributed by atoms with E-state index >= 15 is 0 Å². The summed E-state index contributed by atoms with van der Waals surface area (Å²) < 4.78 is 18.4. The Hall–Kier alpha value is -2.21. The van der Waals surface area contributed by atoms with E-state index in [1.165, 1.54) is 18.2 Å².